The van der Waals surface area contributed by atoms with Crippen LogP contribution in [0.2, 0.25) is 0 Å². The monoisotopic (exact) mass is 579 g/mol. The summed E-state index contributed by atoms with van der Waals surface area (Å²) in [6, 6.07) is 8.14. The lowest BCUT2D eigenvalue weighted by Crippen LogP contribution is -1.98. The number of hydrogen-bond donors (Lipinski definition) is 3. The lowest BCUT2D eigenvalue weighted by molar-refractivity contribution is -0.137. The van der Waals surface area contributed by atoms with Gasteiger partial charge in [-0.1, -0.05) is 13.8 Å². The fraction of sp³-hybridized carbons (Fsp3) is 0.353. The molecule has 43 heavy (non-hydrogen) atoms. The number of nitroso groups, excluding NO2 is 1. The molecule has 1 amide bonds. The van der Waals surface area contributed by atoms with Gasteiger partial charge in [-0.2, -0.15) is 0 Å². The maximum atomic E-state index is 11.9. The van der Waals surface area contributed by atoms with Crippen LogP contribution in [0.5, 0.6) is 0 Å². The summed E-state index contributed by atoms with van der Waals surface area (Å²) in [6.45, 7) is 12.5. The molecule has 3 N–H and O–H groups in total. The van der Waals surface area contributed by atoms with Crippen LogP contribution in [-0.2, 0) is 22.4 Å². The van der Waals surface area contributed by atoms with Crippen LogP contribution in [0, 0.1) is 18.8 Å². The van der Waals surface area contributed by atoms with Crippen molar-refractivity contribution in [2.45, 2.75) is 80.1 Å². The van der Waals surface area contributed by atoms with E-state index in [4.69, 9.17) is 9.97 Å². The fourth-order valence-corrected chi connectivity index (χ4v) is 6.26. The van der Waals surface area contributed by atoms with Crippen molar-refractivity contribution in [3.05, 3.63) is 74.2 Å². The molecule has 222 valence electrons. The standard InChI is InChI=1S/C34H37N5O4/c1-7-21-17(3)25-13-26-19(5)23(9-11-33(40)39-43)31(37-26)16-32-24(10-12-34(41)42)20(6)28(38-32)15-30-22(8-2)18(4)27(36-30)14-29(21)35-25/h13-16,35,38H,7-12H2,1-6H3,(H,41,42). The Bertz CT molecular complexity index is 1900. The van der Waals surface area contributed by atoms with E-state index in [0.29, 0.717) is 18.5 Å². The van der Waals surface area contributed by atoms with Crippen molar-refractivity contribution in [1.82, 2.24) is 19.9 Å². The summed E-state index contributed by atoms with van der Waals surface area (Å²) in [5, 5.41) is 12.1. The molecule has 2 aliphatic heterocycles. The van der Waals surface area contributed by atoms with Gasteiger partial charge in [0.1, 0.15) is 0 Å². The molecule has 0 atom stereocenters. The molecule has 9 nitrogen and oxygen atoms in total. The second kappa shape index (κ2) is 11.9. The quantitative estimate of drug-likeness (QED) is 0.232. The van der Waals surface area contributed by atoms with Crippen molar-refractivity contribution in [1.29, 1.82) is 0 Å². The summed E-state index contributed by atoms with van der Waals surface area (Å²) in [5.74, 6) is -1.58. The molecule has 0 radical (unpaired) electrons. The predicted octanol–water partition coefficient (Wildman–Crippen LogP) is 7.86. The normalized spacial score (nSPS) is 13.2. The van der Waals surface area contributed by atoms with E-state index >= 15 is 0 Å². The Hall–Kier alpha value is -4.66. The highest BCUT2D eigenvalue weighted by Crippen LogP contribution is 2.37. The fourth-order valence-electron chi connectivity index (χ4n) is 6.26. The number of amides is 1. The van der Waals surface area contributed by atoms with Crippen LogP contribution >= 0.6 is 0 Å². The minimum Gasteiger partial charge on any atom is -0.481 e. The number of carbonyl (C=O) groups is 2. The number of carboxylic acids is 1. The lowest BCUT2D eigenvalue weighted by Gasteiger charge is -2.03. The largest absolute Gasteiger partial charge is 0.481 e. The zero-order valence-corrected chi connectivity index (χ0v) is 25.6. The highest BCUT2D eigenvalue weighted by atomic mass is 16.4. The summed E-state index contributed by atoms with van der Waals surface area (Å²) in [7, 11) is 0. The SMILES string of the molecule is CCC1=C(C)c2cc3[nH]c(cc4nc(cc5[nH]c(cc1n2)c(C)c5CCC(=O)O)C(CCC(=O)N=O)=C4C)c(C)c3CC. The number of aromatic amines is 2. The number of hydrogen-bond acceptors (Lipinski definition) is 5. The van der Waals surface area contributed by atoms with Crippen molar-refractivity contribution in [2.75, 3.05) is 0 Å². The number of aryl methyl sites for hydroxylation is 4. The second-order valence-electron chi connectivity index (χ2n) is 11.2. The van der Waals surface area contributed by atoms with Crippen molar-refractivity contribution < 1.29 is 14.7 Å². The summed E-state index contributed by atoms with van der Waals surface area (Å²) in [6.07, 6.45) is 2.30. The Morgan fingerprint density at radius 1 is 0.698 bits per heavy atom. The average Bonchev–Trinajstić information content (AvgIpc) is 3.63. The minimum atomic E-state index is -0.871. The van der Waals surface area contributed by atoms with Crippen LogP contribution in [0.3, 0.4) is 0 Å². The molecule has 3 aromatic heterocycles. The first-order valence-electron chi connectivity index (χ1n) is 14.8. The van der Waals surface area contributed by atoms with Gasteiger partial charge in [-0.05, 0) is 122 Å². The van der Waals surface area contributed by atoms with Crippen LogP contribution in [-0.4, -0.2) is 36.9 Å². The van der Waals surface area contributed by atoms with Gasteiger partial charge in [0.05, 0.1) is 22.8 Å². The van der Waals surface area contributed by atoms with Gasteiger partial charge in [-0.15, -0.1) is 4.91 Å². The first-order chi connectivity index (χ1) is 20.6. The number of fused-ring (bicyclic) bond motifs is 8. The molecule has 0 aromatic carbocycles. The van der Waals surface area contributed by atoms with E-state index in [2.05, 4.69) is 55.0 Å². The Morgan fingerprint density at radius 3 is 1.79 bits per heavy atom. The molecule has 0 aliphatic carbocycles. The number of carbonyl (C=O) groups excluding carboxylic acids is 1. The summed E-state index contributed by atoms with van der Waals surface area (Å²) in [5.41, 5.74) is 15.1. The average molecular weight is 580 g/mol. The van der Waals surface area contributed by atoms with Crippen LogP contribution in [0.15, 0.2) is 29.4 Å². The molecule has 0 spiro atoms. The van der Waals surface area contributed by atoms with E-state index in [9.17, 15) is 19.6 Å². The van der Waals surface area contributed by atoms with Crippen LogP contribution in [0.25, 0.3) is 44.4 Å². The topological polar surface area (TPSA) is 141 Å². The zero-order valence-electron chi connectivity index (χ0n) is 25.6. The van der Waals surface area contributed by atoms with Crippen LogP contribution < -0.4 is 0 Å². The molecule has 8 bridgehead atoms. The number of aliphatic carboxylic acids is 1. The van der Waals surface area contributed by atoms with E-state index in [-0.39, 0.29) is 12.8 Å². The van der Waals surface area contributed by atoms with Crippen LogP contribution in [0.4, 0.5) is 0 Å². The molecular formula is C34H37N5O4. The van der Waals surface area contributed by atoms with Gasteiger partial charge >= 0.3 is 5.97 Å². The van der Waals surface area contributed by atoms with Gasteiger partial charge in [-0.3, -0.25) is 9.59 Å². The lowest BCUT2D eigenvalue weighted by atomic mass is 10.00. The smallest absolute Gasteiger partial charge is 0.303 e. The molecule has 2 aliphatic rings. The maximum Gasteiger partial charge on any atom is 0.303 e. The highest BCUT2D eigenvalue weighted by Gasteiger charge is 2.21. The van der Waals surface area contributed by atoms with Crippen LogP contribution in [0.1, 0.15) is 98.4 Å². The molecule has 0 fully saturated rings. The third-order valence-electron chi connectivity index (χ3n) is 8.79. The second-order valence-corrected chi connectivity index (χ2v) is 11.2. The molecule has 5 rings (SSSR count). The number of nitrogens with zero attached hydrogens (tertiary/aromatic N) is 3. The number of carboxylic acid groups (broad SMARTS) is 1. The van der Waals surface area contributed by atoms with E-state index in [1.807, 2.05) is 26.0 Å². The van der Waals surface area contributed by atoms with E-state index in [0.717, 1.165) is 85.4 Å². The first kappa shape index (κ1) is 29.8. The van der Waals surface area contributed by atoms with Crippen molar-refractivity contribution >= 4 is 56.2 Å². The Labute approximate surface area is 250 Å². The summed E-state index contributed by atoms with van der Waals surface area (Å²) >= 11 is 0. The number of rotatable bonds is 8. The predicted molar refractivity (Wildman–Crippen MR) is 171 cm³/mol. The van der Waals surface area contributed by atoms with Gasteiger partial charge in [0.15, 0.2) is 0 Å². The van der Waals surface area contributed by atoms with Crippen molar-refractivity contribution in [3.8, 4) is 0 Å². The molecular weight excluding hydrogens is 542 g/mol. The van der Waals surface area contributed by atoms with E-state index in [1.54, 1.807) is 0 Å². The zero-order chi connectivity index (χ0) is 31.0. The molecule has 3 aromatic rings. The minimum absolute atomic E-state index is 0.0150. The number of allylic oxidation sites excluding steroid dienone is 4. The van der Waals surface area contributed by atoms with Gasteiger partial charge in [-0.25, -0.2) is 9.97 Å². The Kier molecular flexibility index (Phi) is 8.26. The van der Waals surface area contributed by atoms with Crippen molar-refractivity contribution in [3.63, 3.8) is 0 Å². The Balaban J connectivity index is 1.91. The number of nitrogens with one attached hydrogen (secondary N) is 2. The summed E-state index contributed by atoms with van der Waals surface area (Å²) < 4.78 is 0. The van der Waals surface area contributed by atoms with Gasteiger partial charge in [0.2, 0.25) is 0 Å². The third-order valence-corrected chi connectivity index (χ3v) is 8.79. The van der Waals surface area contributed by atoms with Gasteiger partial charge in [0.25, 0.3) is 5.91 Å². The first-order valence-corrected chi connectivity index (χ1v) is 14.8. The molecule has 0 saturated heterocycles. The van der Waals surface area contributed by atoms with Gasteiger partial charge < -0.3 is 15.1 Å². The van der Waals surface area contributed by atoms with E-state index in [1.165, 1.54) is 11.1 Å². The molecule has 0 unspecified atom stereocenters. The molecule has 5 heterocycles. The van der Waals surface area contributed by atoms with Gasteiger partial charge in [0, 0.05) is 40.1 Å². The van der Waals surface area contributed by atoms with E-state index < -0.39 is 11.9 Å². The van der Waals surface area contributed by atoms with Crippen molar-refractivity contribution in [2.24, 2.45) is 5.18 Å². The Morgan fingerprint density at radius 2 is 1.21 bits per heavy atom. The molecule has 9 heteroatoms. The summed E-state index contributed by atoms with van der Waals surface area (Å²) in [4.78, 5) is 51.5. The molecule has 0 saturated carbocycles. The number of aromatic nitrogens is 4. The number of H-pyrrole nitrogens is 2. The third kappa shape index (κ3) is 5.59. The highest BCUT2D eigenvalue weighted by molar-refractivity contribution is 5.95. The maximum absolute atomic E-state index is 11.9.